The molecule has 1 aromatic heterocycles. The lowest BCUT2D eigenvalue weighted by atomic mass is 10.1. The van der Waals surface area contributed by atoms with Crippen molar-refractivity contribution in [2.75, 3.05) is 6.54 Å². The molecule has 0 saturated heterocycles. The number of para-hydroxylation sites is 1. The molecular formula is C18H23N3O3. The topological polar surface area (TPSA) is 84.2 Å². The van der Waals surface area contributed by atoms with Crippen molar-refractivity contribution >= 4 is 11.9 Å². The number of aromatic nitrogens is 2. The molecule has 0 aliphatic heterocycles. The summed E-state index contributed by atoms with van der Waals surface area (Å²) >= 11 is 0. The Morgan fingerprint density at radius 1 is 1.25 bits per heavy atom. The molecule has 2 N–H and O–H groups in total. The smallest absolute Gasteiger partial charge is 0.303 e. The summed E-state index contributed by atoms with van der Waals surface area (Å²) in [5, 5.41) is 16.1. The van der Waals surface area contributed by atoms with Gasteiger partial charge in [0.2, 0.25) is 5.91 Å². The standard InChI is InChI=1S/C18H23N3O3/c1-12(9-18(23)24)11-19-17(22)10-16-13(2)20-21(14(16)3)15-7-5-4-6-8-15/h4-8,12H,9-11H2,1-3H3,(H,19,22)(H,23,24). The van der Waals surface area contributed by atoms with Gasteiger partial charge in [-0.1, -0.05) is 25.1 Å². The van der Waals surface area contributed by atoms with Crippen molar-refractivity contribution < 1.29 is 14.7 Å². The van der Waals surface area contributed by atoms with E-state index in [1.54, 1.807) is 6.92 Å². The van der Waals surface area contributed by atoms with E-state index >= 15 is 0 Å². The molecule has 0 aliphatic carbocycles. The molecule has 1 amide bonds. The predicted molar refractivity (Wildman–Crippen MR) is 91.2 cm³/mol. The number of carbonyl (C=O) groups is 2. The van der Waals surface area contributed by atoms with Gasteiger partial charge in [-0.05, 0) is 31.9 Å². The summed E-state index contributed by atoms with van der Waals surface area (Å²) in [6.45, 7) is 6.00. The zero-order chi connectivity index (χ0) is 17.7. The summed E-state index contributed by atoms with van der Waals surface area (Å²) in [6, 6.07) is 9.78. The number of amides is 1. The molecule has 0 spiro atoms. The van der Waals surface area contributed by atoms with E-state index in [0.29, 0.717) is 6.54 Å². The average molecular weight is 329 g/mol. The molecule has 1 atom stereocenters. The first kappa shape index (κ1) is 17.7. The van der Waals surface area contributed by atoms with Gasteiger partial charge in [0.25, 0.3) is 0 Å². The lowest BCUT2D eigenvalue weighted by Gasteiger charge is -2.10. The van der Waals surface area contributed by atoms with Crippen LogP contribution in [0.1, 0.15) is 30.3 Å². The van der Waals surface area contributed by atoms with Crippen LogP contribution < -0.4 is 5.32 Å². The van der Waals surface area contributed by atoms with E-state index in [2.05, 4.69) is 10.4 Å². The Balaban J connectivity index is 2.04. The monoisotopic (exact) mass is 329 g/mol. The van der Waals surface area contributed by atoms with Crippen molar-refractivity contribution in [3.63, 3.8) is 0 Å². The fourth-order valence-corrected chi connectivity index (χ4v) is 2.63. The number of hydrogen-bond donors (Lipinski definition) is 2. The van der Waals surface area contributed by atoms with Gasteiger partial charge in [-0.25, -0.2) is 4.68 Å². The molecule has 6 heteroatoms. The molecular weight excluding hydrogens is 306 g/mol. The highest BCUT2D eigenvalue weighted by Gasteiger charge is 2.16. The van der Waals surface area contributed by atoms with E-state index in [0.717, 1.165) is 22.6 Å². The highest BCUT2D eigenvalue weighted by Crippen LogP contribution is 2.18. The number of aryl methyl sites for hydroxylation is 1. The lowest BCUT2D eigenvalue weighted by molar-refractivity contribution is -0.138. The number of nitrogens with one attached hydrogen (secondary N) is 1. The molecule has 0 radical (unpaired) electrons. The van der Waals surface area contributed by atoms with Crippen LogP contribution in [0.5, 0.6) is 0 Å². The molecule has 1 aromatic carbocycles. The van der Waals surface area contributed by atoms with Gasteiger partial charge < -0.3 is 10.4 Å². The van der Waals surface area contributed by atoms with E-state index < -0.39 is 5.97 Å². The maximum Gasteiger partial charge on any atom is 0.303 e. The average Bonchev–Trinajstić information content (AvgIpc) is 2.81. The largest absolute Gasteiger partial charge is 0.481 e. The Bertz CT molecular complexity index is 723. The lowest BCUT2D eigenvalue weighted by Crippen LogP contribution is -2.30. The summed E-state index contributed by atoms with van der Waals surface area (Å²) in [7, 11) is 0. The zero-order valence-corrected chi connectivity index (χ0v) is 14.2. The number of carbonyl (C=O) groups excluding carboxylic acids is 1. The molecule has 24 heavy (non-hydrogen) atoms. The van der Waals surface area contributed by atoms with Crippen molar-refractivity contribution in [1.82, 2.24) is 15.1 Å². The van der Waals surface area contributed by atoms with Gasteiger partial charge >= 0.3 is 5.97 Å². The summed E-state index contributed by atoms with van der Waals surface area (Å²) in [5.74, 6) is -1.07. The molecule has 0 bridgehead atoms. The number of hydrogen-bond acceptors (Lipinski definition) is 3. The Labute approximate surface area is 141 Å². The first-order valence-corrected chi connectivity index (χ1v) is 7.97. The minimum Gasteiger partial charge on any atom is -0.481 e. The van der Waals surface area contributed by atoms with Gasteiger partial charge in [0.15, 0.2) is 0 Å². The third-order valence-corrected chi connectivity index (χ3v) is 3.95. The molecule has 128 valence electrons. The second-order valence-corrected chi connectivity index (χ2v) is 6.08. The van der Waals surface area contributed by atoms with Crippen molar-refractivity contribution in [3.8, 4) is 5.69 Å². The van der Waals surface area contributed by atoms with Gasteiger partial charge in [-0.2, -0.15) is 5.10 Å². The maximum absolute atomic E-state index is 12.2. The van der Waals surface area contributed by atoms with Crippen LogP contribution in [0.3, 0.4) is 0 Å². The highest BCUT2D eigenvalue weighted by molar-refractivity contribution is 5.79. The molecule has 0 saturated carbocycles. The second kappa shape index (κ2) is 7.77. The van der Waals surface area contributed by atoms with Gasteiger partial charge in [0.05, 0.1) is 17.8 Å². The van der Waals surface area contributed by atoms with Crippen LogP contribution in [0.2, 0.25) is 0 Å². The van der Waals surface area contributed by atoms with Crippen molar-refractivity contribution in [3.05, 3.63) is 47.3 Å². The molecule has 6 nitrogen and oxygen atoms in total. The zero-order valence-electron chi connectivity index (χ0n) is 14.2. The Kier molecular flexibility index (Phi) is 5.73. The number of carboxylic acids is 1. The first-order chi connectivity index (χ1) is 11.4. The van der Waals surface area contributed by atoms with Crippen LogP contribution in [0.4, 0.5) is 0 Å². The van der Waals surface area contributed by atoms with Crippen LogP contribution in [-0.4, -0.2) is 33.3 Å². The third kappa shape index (κ3) is 4.44. The van der Waals surface area contributed by atoms with Gasteiger partial charge in [0.1, 0.15) is 0 Å². The highest BCUT2D eigenvalue weighted by atomic mass is 16.4. The summed E-state index contributed by atoms with van der Waals surface area (Å²) in [5.41, 5.74) is 3.62. The van der Waals surface area contributed by atoms with Gasteiger partial charge in [-0.3, -0.25) is 9.59 Å². The Morgan fingerprint density at radius 2 is 1.92 bits per heavy atom. The number of carboxylic acid groups (broad SMARTS) is 1. The molecule has 2 rings (SSSR count). The van der Waals surface area contributed by atoms with Crippen molar-refractivity contribution in [2.24, 2.45) is 5.92 Å². The Morgan fingerprint density at radius 3 is 2.54 bits per heavy atom. The SMILES string of the molecule is Cc1nn(-c2ccccc2)c(C)c1CC(=O)NCC(C)CC(=O)O. The van der Waals surface area contributed by atoms with E-state index in [1.807, 2.05) is 48.9 Å². The van der Waals surface area contributed by atoms with Gasteiger partial charge in [-0.15, -0.1) is 0 Å². The van der Waals surface area contributed by atoms with E-state index in [9.17, 15) is 9.59 Å². The number of aliphatic carboxylic acids is 1. The number of benzene rings is 1. The van der Waals surface area contributed by atoms with Crippen LogP contribution in [0.25, 0.3) is 5.69 Å². The van der Waals surface area contributed by atoms with Crippen LogP contribution >= 0.6 is 0 Å². The van der Waals surface area contributed by atoms with Crippen LogP contribution in [-0.2, 0) is 16.0 Å². The van der Waals surface area contributed by atoms with Crippen LogP contribution in [0.15, 0.2) is 30.3 Å². The maximum atomic E-state index is 12.2. The fraction of sp³-hybridized carbons (Fsp3) is 0.389. The molecule has 0 aliphatic rings. The number of rotatable bonds is 7. The summed E-state index contributed by atoms with van der Waals surface area (Å²) in [4.78, 5) is 22.8. The molecule has 2 aromatic rings. The van der Waals surface area contributed by atoms with Crippen LogP contribution in [0, 0.1) is 19.8 Å². The van der Waals surface area contributed by atoms with Gasteiger partial charge in [0, 0.05) is 24.2 Å². The third-order valence-electron chi connectivity index (χ3n) is 3.95. The summed E-state index contributed by atoms with van der Waals surface area (Å²) < 4.78 is 1.84. The minimum absolute atomic E-state index is 0.0459. The number of nitrogens with zero attached hydrogens (tertiary/aromatic N) is 2. The fourth-order valence-electron chi connectivity index (χ4n) is 2.63. The Hall–Kier alpha value is -2.63. The molecule has 1 heterocycles. The molecule has 1 unspecified atom stereocenters. The van der Waals surface area contributed by atoms with Crippen molar-refractivity contribution in [1.29, 1.82) is 0 Å². The normalized spacial score (nSPS) is 12.0. The minimum atomic E-state index is -0.854. The quantitative estimate of drug-likeness (QED) is 0.816. The predicted octanol–water partition coefficient (Wildman–Crippen LogP) is 2.26. The first-order valence-electron chi connectivity index (χ1n) is 7.97. The van der Waals surface area contributed by atoms with E-state index in [-0.39, 0.29) is 24.7 Å². The van der Waals surface area contributed by atoms with Crippen molar-refractivity contribution in [2.45, 2.75) is 33.6 Å². The van der Waals surface area contributed by atoms with E-state index in [1.165, 1.54) is 0 Å². The van der Waals surface area contributed by atoms with E-state index in [4.69, 9.17) is 5.11 Å². The molecule has 0 fully saturated rings. The second-order valence-electron chi connectivity index (χ2n) is 6.08. The summed E-state index contributed by atoms with van der Waals surface area (Å²) in [6.07, 6.45) is 0.286.